The van der Waals surface area contributed by atoms with Crippen molar-refractivity contribution in [3.63, 3.8) is 0 Å². The number of carbonyl (C=O) groups excluding carboxylic acids is 2. The molecule has 2 amide bonds. The molecule has 5 rings (SSSR count). The highest BCUT2D eigenvalue weighted by Gasteiger charge is 2.30. The molecule has 1 aromatic carbocycles. The molecule has 0 atom stereocenters. The Labute approximate surface area is 177 Å². The van der Waals surface area contributed by atoms with Crippen molar-refractivity contribution in [3.05, 3.63) is 48.2 Å². The van der Waals surface area contributed by atoms with Crippen molar-refractivity contribution in [2.75, 3.05) is 29.9 Å². The zero-order valence-corrected chi connectivity index (χ0v) is 17.2. The van der Waals surface area contributed by atoms with Gasteiger partial charge in [-0.2, -0.15) is 0 Å². The first-order chi connectivity index (χ1) is 14.6. The third kappa shape index (κ3) is 3.80. The van der Waals surface area contributed by atoms with Crippen LogP contribution in [0.25, 0.3) is 22.2 Å². The third-order valence-corrected chi connectivity index (χ3v) is 6.91. The highest BCUT2D eigenvalue weighted by molar-refractivity contribution is 7.91. The molecule has 1 saturated carbocycles. The van der Waals surface area contributed by atoms with Gasteiger partial charge in [-0.1, -0.05) is 23.3 Å². The Kier molecular flexibility index (Phi) is 4.96. The van der Waals surface area contributed by atoms with Crippen molar-refractivity contribution >= 4 is 39.8 Å². The van der Waals surface area contributed by atoms with Gasteiger partial charge in [-0.05, 0) is 48.2 Å². The summed E-state index contributed by atoms with van der Waals surface area (Å²) < 4.78 is 11.5. The van der Waals surface area contributed by atoms with Crippen LogP contribution in [-0.2, 0) is 16.0 Å². The first-order valence-electron chi connectivity index (χ1n) is 10.1. The average Bonchev–Trinajstić information content (AvgIpc) is 3.51. The molecule has 1 aliphatic heterocycles. The molecule has 1 aliphatic carbocycles. The summed E-state index contributed by atoms with van der Waals surface area (Å²) in [5, 5.41) is 3.87. The number of rotatable bonds is 4. The molecule has 1 saturated heterocycles. The van der Waals surface area contributed by atoms with Gasteiger partial charge in [0.05, 0.1) is 13.1 Å². The molecule has 7 nitrogen and oxygen atoms in total. The van der Waals surface area contributed by atoms with Crippen molar-refractivity contribution in [2.24, 2.45) is 5.92 Å². The van der Waals surface area contributed by atoms with Crippen LogP contribution in [0.2, 0.25) is 0 Å². The van der Waals surface area contributed by atoms with Crippen molar-refractivity contribution in [2.45, 2.75) is 12.8 Å². The zero-order valence-electron chi connectivity index (χ0n) is 16.4. The number of nitrogens with one attached hydrogen (secondary N) is 2. The van der Waals surface area contributed by atoms with Crippen molar-refractivity contribution in [1.29, 1.82) is 0 Å². The van der Waals surface area contributed by atoms with E-state index in [1.807, 2.05) is 42.6 Å². The maximum absolute atomic E-state index is 12.7. The van der Waals surface area contributed by atoms with E-state index in [2.05, 4.69) is 15.3 Å². The Balaban J connectivity index is 1.41. The van der Waals surface area contributed by atoms with Gasteiger partial charge in [0.25, 0.3) is 5.91 Å². The number of pyridine rings is 1. The SMILES string of the molecule is O=C(Nc1cc(-c2ccc(C(=O)N3CC[S+]([O-])CC3)cc2)c2cc[nH]c2n1)C1CC1. The van der Waals surface area contributed by atoms with Gasteiger partial charge in [0.2, 0.25) is 5.91 Å². The zero-order chi connectivity index (χ0) is 20.7. The van der Waals surface area contributed by atoms with Crippen LogP contribution in [0.4, 0.5) is 5.82 Å². The van der Waals surface area contributed by atoms with E-state index < -0.39 is 11.2 Å². The van der Waals surface area contributed by atoms with Crippen molar-refractivity contribution in [1.82, 2.24) is 14.9 Å². The molecule has 8 heteroatoms. The summed E-state index contributed by atoms with van der Waals surface area (Å²) in [6.45, 7) is 1.07. The first-order valence-corrected chi connectivity index (χ1v) is 11.6. The minimum Gasteiger partial charge on any atom is -0.616 e. The van der Waals surface area contributed by atoms with Crippen LogP contribution in [0.1, 0.15) is 23.2 Å². The monoisotopic (exact) mass is 422 g/mol. The molecular formula is C22H22N4O3S. The van der Waals surface area contributed by atoms with Crippen LogP contribution in [-0.4, -0.2) is 55.8 Å². The molecule has 154 valence electrons. The number of H-pyrrole nitrogens is 1. The van der Waals surface area contributed by atoms with Gasteiger partial charge in [-0.3, -0.25) is 9.59 Å². The van der Waals surface area contributed by atoms with Crippen LogP contribution in [0.15, 0.2) is 42.6 Å². The van der Waals surface area contributed by atoms with E-state index in [-0.39, 0.29) is 17.7 Å². The van der Waals surface area contributed by atoms with Crippen LogP contribution >= 0.6 is 0 Å². The number of amides is 2. The summed E-state index contributed by atoms with van der Waals surface area (Å²) in [6.07, 6.45) is 3.70. The fraction of sp³-hybridized carbons (Fsp3) is 0.318. The van der Waals surface area contributed by atoms with Crippen LogP contribution < -0.4 is 5.32 Å². The Morgan fingerprint density at radius 1 is 1.13 bits per heavy atom. The lowest BCUT2D eigenvalue weighted by Gasteiger charge is -2.28. The molecule has 30 heavy (non-hydrogen) atoms. The number of anilines is 1. The lowest BCUT2D eigenvalue weighted by Crippen LogP contribution is -2.43. The standard InChI is InChI=1S/C22H22N4O3S/c27-21(15-3-4-15)25-19-13-18(17-7-8-23-20(17)24-19)14-1-5-16(6-2-14)22(28)26-9-11-30(29)12-10-26/h1-2,5-8,13,15H,3-4,9-12H2,(H2,23,24,25,27). The molecule has 0 spiro atoms. The van der Waals surface area contributed by atoms with Gasteiger partial charge in [0.1, 0.15) is 23.0 Å². The number of aromatic nitrogens is 2. The second-order valence-electron chi connectivity index (χ2n) is 7.78. The molecule has 0 bridgehead atoms. The molecule has 2 N–H and O–H groups in total. The fourth-order valence-electron chi connectivity index (χ4n) is 3.73. The molecule has 3 aromatic rings. The Bertz CT molecular complexity index is 1100. The topological polar surface area (TPSA) is 101 Å². The molecular weight excluding hydrogens is 400 g/mol. The van der Waals surface area contributed by atoms with Crippen molar-refractivity contribution < 1.29 is 14.1 Å². The van der Waals surface area contributed by atoms with E-state index in [1.54, 1.807) is 4.90 Å². The quantitative estimate of drug-likeness (QED) is 0.631. The van der Waals surface area contributed by atoms with Gasteiger partial charge in [-0.15, -0.1) is 0 Å². The summed E-state index contributed by atoms with van der Waals surface area (Å²) >= 11 is -0.811. The summed E-state index contributed by atoms with van der Waals surface area (Å²) in [6, 6.07) is 11.3. The normalized spacial score (nSPS) is 17.3. The number of hydrogen-bond acceptors (Lipinski definition) is 4. The Morgan fingerprint density at radius 2 is 1.87 bits per heavy atom. The smallest absolute Gasteiger partial charge is 0.254 e. The van der Waals surface area contributed by atoms with Crippen LogP contribution in [0, 0.1) is 5.92 Å². The summed E-state index contributed by atoms with van der Waals surface area (Å²) in [4.78, 5) is 34.3. The number of carbonyl (C=O) groups is 2. The second-order valence-corrected chi connectivity index (χ2v) is 9.47. The van der Waals surface area contributed by atoms with Crippen molar-refractivity contribution in [3.8, 4) is 11.1 Å². The third-order valence-electron chi connectivity index (χ3n) is 5.64. The van der Waals surface area contributed by atoms with Gasteiger partial charge < -0.3 is 19.8 Å². The number of benzene rings is 1. The minimum atomic E-state index is -0.811. The summed E-state index contributed by atoms with van der Waals surface area (Å²) in [5.74, 6) is 1.70. The molecule has 2 aliphatic rings. The Hall–Kier alpha value is -2.84. The summed E-state index contributed by atoms with van der Waals surface area (Å²) in [5.41, 5.74) is 3.22. The second kappa shape index (κ2) is 7.77. The number of aromatic amines is 1. The molecule has 2 fully saturated rings. The van der Waals surface area contributed by atoms with Gasteiger partial charge in [0.15, 0.2) is 0 Å². The van der Waals surface area contributed by atoms with E-state index in [0.29, 0.717) is 41.6 Å². The number of fused-ring (bicyclic) bond motifs is 1. The van der Waals surface area contributed by atoms with Gasteiger partial charge in [0, 0.05) is 23.1 Å². The van der Waals surface area contributed by atoms with Crippen LogP contribution in [0.5, 0.6) is 0 Å². The predicted molar refractivity (Wildman–Crippen MR) is 117 cm³/mol. The Morgan fingerprint density at radius 3 is 2.57 bits per heavy atom. The fourth-order valence-corrected chi connectivity index (χ4v) is 4.78. The number of nitrogens with zero attached hydrogens (tertiary/aromatic N) is 2. The minimum absolute atomic E-state index is 0.0164. The predicted octanol–water partition coefficient (Wildman–Crippen LogP) is 2.78. The molecule has 0 unspecified atom stereocenters. The maximum atomic E-state index is 12.7. The molecule has 0 radical (unpaired) electrons. The highest BCUT2D eigenvalue weighted by atomic mass is 32.2. The molecule has 3 heterocycles. The van der Waals surface area contributed by atoms with E-state index in [4.69, 9.17) is 0 Å². The summed E-state index contributed by atoms with van der Waals surface area (Å²) in [7, 11) is 0. The van der Waals surface area contributed by atoms with E-state index in [0.717, 1.165) is 29.4 Å². The lowest BCUT2D eigenvalue weighted by atomic mass is 10.0. The maximum Gasteiger partial charge on any atom is 0.254 e. The number of hydrogen-bond donors (Lipinski definition) is 2. The first kappa shape index (κ1) is 19.1. The average molecular weight is 423 g/mol. The van der Waals surface area contributed by atoms with E-state index in [1.165, 1.54) is 0 Å². The van der Waals surface area contributed by atoms with Crippen LogP contribution in [0.3, 0.4) is 0 Å². The van der Waals surface area contributed by atoms with E-state index >= 15 is 0 Å². The molecule has 2 aromatic heterocycles. The van der Waals surface area contributed by atoms with Gasteiger partial charge >= 0.3 is 0 Å². The highest BCUT2D eigenvalue weighted by Crippen LogP contribution is 2.33. The van der Waals surface area contributed by atoms with Gasteiger partial charge in [-0.25, -0.2) is 4.98 Å². The largest absolute Gasteiger partial charge is 0.616 e. The van der Waals surface area contributed by atoms with E-state index in [9.17, 15) is 14.1 Å². The lowest BCUT2D eigenvalue weighted by molar-refractivity contribution is -0.117.